The molecule has 0 aliphatic heterocycles. The number of aliphatic imine (C=N–C) groups is 1. The Morgan fingerprint density at radius 1 is 1.03 bits per heavy atom. The normalized spacial score (nSPS) is 14.1. The molecule has 1 atom stereocenters. The maximum absolute atomic E-state index is 14.0. The highest BCUT2D eigenvalue weighted by atomic mass is 31.2. The van der Waals surface area contributed by atoms with Crippen LogP contribution in [0.4, 0.5) is 0 Å². The third kappa shape index (κ3) is 8.33. The van der Waals surface area contributed by atoms with Gasteiger partial charge in [0.25, 0.3) is 0 Å². The van der Waals surface area contributed by atoms with Crippen molar-refractivity contribution >= 4 is 18.7 Å². The molecule has 0 spiro atoms. The van der Waals surface area contributed by atoms with Gasteiger partial charge >= 0.3 is 0 Å². The molecule has 2 rings (SSSR count). The predicted octanol–water partition coefficient (Wildman–Crippen LogP) is 4.55. The van der Waals surface area contributed by atoms with Gasteiger partial charge in [-0.05, 0) is 72.2 Å². The van der Waals surface area contributed by atoms with E-state index in [0.717, 1.165) is 42.5 Å². The van der Waals surface area contributed by atoms with Crippen LogP contribution in [0.15, 0.2) is 53.5 Å². The Kier molecular flexibility index (Phi) is 10.6. The van der Waals surface area contributed by atoms with Crippen LogP contribution in [0.3, 0.4) is 0 Å². The number of pyridine rings is 1. The van der Waals surface area contributed by atoms with Crippen molar-refractivity contribution in [2.45, 2.75) is 59.0 Å². The van der Waals surface area contributed by atoms with Crippen molar-refractivity contribution in [2.24, 2.45) is 10.7 Å². The van der Waals surface area contributed by atoms with Crippen molar-refractivity contribution in [2.75, 3.05) is 25.5 Å². The van der Waals surface area contributed by atoms with E-state index in [1.807, 2.05) is 48.5 Å². The molecule has 2 N–H and O–H groups in total. The Balaban J connectivity index is 2.10. The first-order valence-electron chi connectivity index (χ1n) is 11.4. The minimum absolute atomic E-state index is 0.315. The summed E-state index contributed by atoms with van der Waals surface area (Å²) in [7, 11) is -2.62. The fourth-order valence-electron chi connectivity index (χ4n) is 3.86. The van der Waals surface area contributed by atoms with Gasteiger partial charge in [0.05, 0.1) is 12.0 Å². The number of hydrogen-bond donors (Lipinski definition) is 1. The predicted molar refractivity (Wildman–Crippen MR) is 134 cm³/mol. The zero-order chi connectivity index (χ0) is 22.7. The quantitative estimate of drug-likeness (QED) is 0.365. The summed E-state index contributed by atoms with van der Waals surface area (Å²) in [6.45, 7) is 10.5. The molecule has 2 aromatic rings. The van der Waals surface area contributed by atoms with Gasteiger partial charge in [0.2, 0.25) is 0 Å². The average Bonchev–Trinajstić information content (AvgIpc) is 2.75. The molecular weight excluding hydrogens is 403 g/mol. The zero-order valence-corrected chi connectivity index (χ0v) is 20.5. The molecule has 0 radical (unpaired) electrons. The second kappa shape index (κ2) is 12.9. The van der Waals surface area contributed by atoms with Gasteiger partial charge in [0.1, 0.15) is 7.14 Å². The molecule has 0 fully saturated rings. The lowest BCUT2D eigenvalue weighted by atomic mass is 10.2. The minimum atomic E-state index is -2.62. The van der Waals surface area contributed by atoms with Crippen LogP contribution in [0.2, 0.25) is 0 Å². The second-order valence-corrected chi connectivity index (χ2v) is 11.7. The molecule has 1 heterocycles. The van der Waals surface area contributed by atoms with E-state index in [1.54, 1.807) is 6.21 Å². The van der Waals surface area contributed by atoms with Crippen molar-refractivity contribution in [3.63, 3.8) is 0 Å². The van der Waals surface area contributed by atoms with E-state index in [4.69, 9.17) is 5.73 Å². The number of benzene rings is 1. The first-order chi connectivity index (χ1) is 14.9. The Labute approximate surface area is 188 Å². The summed E-state index contributed by atoms with van der Waals surface area (Å²) in [5.74, 6) is 0. The largest absolute Gasteiger partial charge is 0.330 e. The summed E-state index contributed by atoms with van der Waals surface area (Å²) in [5, 5.41) is 0.914. The van der Waals surface area contributed by atoms with Gasteiger partial charge in [-0.3, -0.25) is 14.9 Å². The highest BCUT2D eigenvalue weighted by Gasteiger charge is 2.24. The Morgan fingerprint density at radius 2 is 1.74 bits per heavy atom. The third-order valence-corrected chi connectivity index (χ3v) is 8.39. The van der Waals surface area contributed by atoms with Crippen molar-refractivity contribution in [3.8, 4) is 0 Å². The molecule has 0 aliphatic carbocycles. The minimum Gasteiger partial charge on any atom is -0.330 e. The van der Waals surface area contributed by atoms with Crippen molar-refractivity contribution in [1.29, 1.82) is 0 Å². The fourth-order valence-corrected chi connectivity index (χ4v) is 6.14. The molecule has 6 heteroatoms. The first kappa shape index (κ1) is 25.5. The fraction of sp³-hybridized carbons (Fsp3) is 0.520. The van der Waals surface area contributed by atoms with E-state index in [9.17, 15) is 4.57 Å². The second-order valence-electron chi connectivity index (χ2n) is 8.63. The maximum atomic E-state index is 14.0. The van der Waals surface area contributed by atoms with Crippen LogP contribution >= 0.6 is 7.14 Å². The Morgan fingerprint density at radius 3 is 2.39 bits per heavy atom. The number of nitrogens with two attached hydrogens (primary N) is 1. The molecule has 1 aromatic heterocycles. The molecule has 1 unspecified atom stereocenters. The zero-order valence-electron chi connectivity index (χ0n) is 19.6. The van der Waals surface area contributed by atoms with Gasteiger partial charge in [-0.25, -0.2) is 0 Å². The van der Waals surface area contributed by atoms with Crippen LogP contribution < -0.4 is 11.0 Å². The summed E-state index contributed by atoms with van der Waals surface area (Å²) in [6.07, 6.45) is 5.41. The number of nitrogens with zero attached hydrogens (tertiary/aromatic N) is 3. The number of hydrogen-bond acceptors (Lipinski definition) is 5. The van der Waals surface area contributed by atoms with Crippen LogP contribution in [0.1, 0.15) is 51.9 Å². The molecule has 0 saturated carbocycles. The van der Waals surface area contributed by atoms with Crippen molar-refractivity contribution in [1.82, 2.24) is 9.88 Å². The molecule has 1 aromatic carbocycles. The summed E-state index contributed by atoms with van der Waals surface area (Å²) in [6, 6.07) is 16.7. The first-order valence-corrected chi connectivity index (χ1v) is 13.5. The highest BCUT2D eigenvalue weighted by Crippen LogP contribution is 2.45. The summed E-state index contributed by atoms with van der Waals surface area (Å²) >= 11 is 0. The lowest BCUT2D eigenvalue weighted by Crippen LogP contribution is -2.38. The molecule has 0 bridgehead atoms. The van der Waals surface area contributed by atoms with E-state index in [1.165, 1.54) is 0 Å². The van der Waals surface area contributed by atoms with Gasteiger partial charge in [-0.1, -0.05) is 36.4 Å². The van der Waals surface area contributed by atoms with E-state index in [2.05, 4.69) is 42.6 Å². The molecular formula is C25H39N4OP. The van der Waals surface area contributed by atoms with Gasteiger partial charge in [-0.15, -0.1) is 0 Å². The summed E-state index contributed by atoms with van der Waals surface area (Å²) in [4.78, 5) is 11.7. The average molecular weight is 443 g/mol. The van der Waals surface area contributed by atoms with Crippen LogP contribution in [0.25, 0.3) is 0 Å². The SMILES string of the molecule is CC(C)N(CCCP(=O)(C/N=C/c1cccc(CCCN)n1)c1ccccc1)C(C)C. The molecule has 0 saturated heterocycles. The van der Waals surface area contributed by atoms with Crippen LogP contribution in [-0.2, 0) is 11.0 Å². The van der Waals surface area contributed by atoms with E-state index in [-0.39, 0.29) is 0 Å². The van der Waals surface area contributed by atoms with Crippen LogP contribution in [0.5, 0.6) is 0 Å². The summed E-state index contributed by atoms with van der Waals surface area (Å²) in [5.41, 5.74) is 7.42. The number of aromatic nitrogens is 1. The van der Waals surface area contributed by atoms with Gasteiger partial charge in [0, 0.05) is 35.5 Å². The van der Waals surface area contributed by atoms with E-state index < -0.39 is 7.14 Å². The maximum Gasteiger partial charge on any atom is 0.136 e. The van der Waals surface area contributed by atoms with Gasteiger partial charge < -0.3 is 10.3 Å². The van der Waals surface area contributed by atoms with E-state index >= 15 is 0 Å². The Hall–Kier alpha value is -1.81. The molecule has 5 nitrogen and oxygen atoms in total. The van der Waals surface area contributed by atoms with Crippen molar-refractivity contribution in [3.05, 3.63) is 59.9 Å². The van der Waals surface area contributed by atoms with Crippen molar-refractivity contribution < 1.29 is 4.57 Å². The smallest absolute Gasteiger partial charge is 0.136 e. The van der Waals surface area contributed by atoms with Gasteiger partial charge in [0.15, 0.2) is 0 Å². The monoisotopic (exact) mass is 442 g/mol. The topological polar surface area (TPSA) is 71.6 Å². The molecule has 31 heavy (non-hydrogen) atoms. The third-order valence-electron chi connectivity index (χ3n) is 5.49. The van der Waals surface area contributed by atoms with E-state index in [0.29, 0.717) is 31.1 Å². The standard InChI is InChI=1S/C25H39N4OP/c1-21(2)29(22(3)4)17-10-18-31(30,25-14-6-5-7-15-25)20-27-19-24-12-8-11-23(28-24)13-9-16-26/h5-8,11-12,14-15,19,21-22H,9-10,13,16-18,20,26H2,1-4H3/b27-19+. The summed E-state index contributed by atoms with van der Waals surface area (Å²) < 4.78 is 14.0. The lowest BCUT2D eigenvalue weighted by Gasteiger charge is -2.31. The number of rotatable bonds is 13. The molecule has 0 amide bonds. The van der Waals surface area contributed by atoms with Crippen LogP contribution in [0, 0.1) is 0 Å². The number of aryl methyl sites for hydroxylation is 1. The molecule has 0 aliphatic rings. The molecule has 170 valence electrons. The van der Waals surface area contributed by atoms with Gasteiger partial charge in [-0.2, -0.15) is 0 Å². The van der Waals surface area contributed by atoms with Crippen LogP contribution in [-0.4, -0.2) is 53.7 Å². The highest BCUT2D eigenvalue weighted by molar-refractivity contribution is 7.71. The Bertz CT molecular complexity index is 844. The lowest BCUT2D eigenvalue weighted by molar-refractivity contribution is 0.176.